The summed E-state index contributed by atoms with van der Waals surface area (Å²) in [6, 6.07) is 1.53. The van der Waals surface area contributed by atoms with Crippen molar-refractivity contribution in [2.75, 3.05) is 6.61 Å². The van der Waals surface area contributed by atoms with Gasteiger partial charge in [0.2, 0.25) is 0 Å². The second kappa shape index (κ2) is 5.65. The number of halogens is 2. The topological polar surface area (TPSA) is 52.1 Å². The van der Waals surface area contributed by atoms with Gasteiger partial charge in [0.25, 0.3) is 0 Å². The van der Waals surface area contributed by atoms with Crippen molar-refractivity contribution in [2.45, 2.75) is 6.92 Å². The molecular weight excluding hydrogens is 295 g/mol. The maximum atomic E-state index is 11.5. The highest BCUT2D eigenvalue weighted by molar-refractivity contribution is 7.13. The van der Waals surface area contributed by atoms with E-state index in [0.717, 1.165) is 0 Å². The molecule has 0 saturated heterocycles. The lowest BCUT2D eigenvalue weighted by atomic mass is 10.3. The van der Waals surface area contributed by atoms with Crippen LogP contribution >= 0.6 is 34.5 Å². The normalized spacial score (nSPS) is 10.4. The number of carbonyl (C=O) groups excluding carboxylic acids is 1. The third kappa shape index (κ3) is 2.80. The van der Waals surface area contributed by atoms with Gasteiger partial charge in [-0.25, -0.2) is 14.8 Å². The van der Waals surface area contributed by atoms with Crippen molar-refractivity contribution in [3.63, 3.8) is 0 Å². The van der Waals surface area contributed by atoms with E-state index in [2.05, 4.69) is 9.97 Å². The van der Waals surface area contributed by atoms with E-state index in [0.29, 0.717) is 27.4 Å². The number of esters is 1. The van der Waals surface area contributed by atoms with Crippen molar-refractivity contribution < 1.29 is 9.53 Å². The maximum Gasteiger partial charge on any atom is 0.357 e. The van der Waals surface area contributed by atoms with Gasteiger partial charge < -0.3 is 4.74 Å². The van der Waals surface area contributed by atoms with E-state index in [4.69, 9.17) is 27.9 Å². The van der Waals surface area contributed by atoms with E-state index >= 15 is 0 Å². The largest absolute Gasteiger partial charge is 0.461 e. The van der Waals surface area contributed by atoms with Gasteiger partial charge in [-0.3, -0.25) is 0 Å². The first-order valence-corrected chi connectivity index (χ1v) is 6.69. The fourth-order valence-electron chi connectivity index (χ4n) is 1.26. The number of hydrogen-bond donors (Lipinski definition) is 0. The van der Waals surface area contributed by atoms with E-state index in [-0.39, 0.29) is 5.69 Å². The molecule has 0 aromatic carbocycles. The summed E-state index contributed by atoms with van der Waals surface area (Å²) < 4.78 is 4.86. The zero-order chi connectivity index (χ0) is 13.1. The molecule has 0 fully saturated rings. The minimum Gasteiger partial charge on any atom is -0.461 e. The van der Waals surface area contributed by atoms with Gasteiger partial charge in [0.15, 0.2) is 5.69 Å². The standard InChI is InChI=1S/C11H8Cl2N2O2S/c1-2-17-11(16)8-5-18-10(15-8)6-4-14-9(13)3-7(6)12/h3-5H,2H2,1H3. The molecule has 2 rings (SSSR count). The molecule has 0 unspecified atom stereocenters. The van der Waals surface area contributed by atoms with Crippen LogP contribution in [0.2, 0.25) is 10.2 Å². The van der Waals surface area contributed by atoms with Gasteiger partial charge in [-0.1, -0.05) is 23.2 Å². The molecule has 18 heavy (non-hydrogen) atoms. The van der Waals surface area contributed by atoms with Gasteiger partial charge in [0.1, 0.15) is 10.2 Å². The highest BCUT2D eigenvalue weighted by atomic mass is 35.5. The Morgan fingerprint density at radius 1 is 1.50 bits per heavy atom. The Morgan fingerprint density at radius 3 is 2.94 bits per heavy atom. The van der Waals surface area contributed by atoms with Crippen molar-refractivity contribution in [3.8, 4) is 10.6 Å². The molecule has 4 nitrogen and oxygen atoms in total. The lowest BCUT2D eigenvalue weighted by molar-refractivity contribution is 0.0520. The molecule has 0 aliphatic heterocycles. The quantitative estimate of drug-likeness (QED) is 0.641. The second-order valence-corrected chi connectivity index (χ2v) is 4.90. The predicted molar refractivity (Wildman–Crippen MR) is 71.3 cm³/mol. The SMILES string of the molecule is CCOC(=O)c1csc(-c2cnc(Cl)cc2Cl)n1. The van der Waals surface area contributed by atoms with Gasteiger partial charge in [-0.15, -0.1) is 11.3 Å². The number of hydrogen-bond acceptors (Lipinski definition) is 5. The van der Waals surface area contributed by atoms with Crippen molar-refractivity contribution >= 4 is 40.5 Å². The Balaban J connectivity index is 2.32. The summed E-state index contributed by atoms with van der Waals surface area (Å²) >= 11 is 13.1. The summed E-state index contributed by atoms with van der Waals surface area (Å²) in [5.41, 5.74) is 0.907. The molecule has 0 saturated carbocycles. The summed E-state index contributed by atoms with van der Waals surface area (Å²) in [6.07, 6.45) is 1.53. The van der Waals surface area contributed by atoms with Crippen molar-refractivity contribution in [3.05, 3.63) is 33.5 Å². The molecular formula is C11H8Cl2N2O2S. The Bertz CT molecular complexity index is 586. The molecule has 94 valence electrons. The lowest BCUT2D eigenvalue weighted by Crippen LogP contribution is -2.04. The Hall–Kier alpha value is -1.17. The number of carbonyl (C=O) groups is 1. The lowest BCUT2D eigenvalue weighted by Gasteiger charge is -1.99. The van der Waals surface area contributed by atoms with Crippen molar-refractivity contribution in [1.29, 1.82) is 0 Å². The minimum absolute atomic E-state index is 0.267. The molecule has 0 aliphatic rings. The number of rotatable bonds is 3. The monoisotopic (exact) mass is 302 g/mol. The number of aromatic nitrogens is 2. The summed E-state index contributed by atoms with van der Waals surface area (Å²) in [5, 5.41) is 2.98. The van der Waals surface area contributed by atoms with E-state index < -0.39 is 5.97 Å². The van der Waals surface area contributed by atoms with Crippen LogP contribution in [0.3, 0.4) is 0 Å². The molecule has 2 heterocycles. The van der Waals surface area contributed by atoms with E-state index in [1.807, 2.05) is 0 Å². The van der Waals surface area contributed by atoms with Gasteiger partial charge in [-0.2, -0.15) is 0 Å². The van der Waals surface area contributed by atoms with Gasteiger partial charge in [-0.05, 0) is 13.0 Å². The van der Waals surface area contributed by atoms with Crippen LogP contribution in [0.25, 0.3) is 10.6 Å². The first-order valence-electron chi connectivity index (χ1n) is 5.06. The molecule has 0 bridgehead atoms. The highest BCUT2D eigenvalue weighted by Crippen LogP contribution is 2.31. The van der Waals surface area contributed by atoms with Crippen LogP contribution in [0.1, 0.15) is 17.4 Å². The van der Waals surface area contributed by atoms with E-state index in [1.54, 1.807) is 12.3 Å². The third-order valence-electron chi connectivity index (χ3n) is 2.04. The molecule has 0 radical (unpaired) electrons. The maximum absolute atomic E-state index is 11.5. The minimum atomic E-state index is -0.446. The fourth-order valence-corrected chi connectivity index (χ4v) is 2.59. The Kier molecular flexibility index (Phi) is 4.16. The van der Waals surface area contributed by atoms with Crippen molar-refractivity contribution in [2.24, 2.45) is 0 Å². The van der Waals surface area contributed by atoms with Crippen LogP contribution in [-0.4, -0.2) is 22.5 Å². The zero-order valence-corrected chi connectivity index (χ0v) is 11.6. The summed E-state index contributed by atoms with van der Waals surface area (Å²) in [6.45, 7) is 2.06. The number of thiazole rings is 1. The van der Waals surface area contributed by atoms with E-state index in [1.165, 1.54) is 23.6 Å². The Morgan fingerprint density at radius 2 is 2.28 bits per heavy atom. The molecule has 0 spiro atoms. The molecule has 0 amide bonds. The molecule has 0 aliphatic carbocycles. The van der Waals surface area contributed by atoms with Gasteiger partial charge >= 0.3 is 5.97 Å². The number of pyridine rings is 1. The van der Waals surface area contributed by atoms with Gasteiger partial charge in [0.05, 0.1) is 11.6 Å². The Labute approximate surface area is 118 Å². The van der Waals surface area contributed by atoms with Crippen LogP contribution in [0.15, 0.2) is 17.6 Å². The first kappa shape index (κ1) is 13.3. The average Bonchev–Trinajstić information content (AvgIpc) is 2.78. The number of nitrogens with zero attached hydrogens (tertiary/aromatic N) is 2. The smallest absolute Gasteiger partial charge is 0.357 e. The molecule has 2 aromatic heterocycles. The zero-order valence-electron chi connectivity index (χ0n) is 9.31. The number of ether oxygens (including phenoxy) is 1. The fraction of sp³-hybridized carbons (Fsp3) is 0.182. The molecule has 2 aromatic rings. The predicted octanol–water partition coefficient (Wildman–Crippen LogP) is 3.69. The first-order chi connectivity index (χ1) is 8.61. The average molecular weight is 303 g/mol. The molecule has 0 atom stereocenters. The third-order valence-corrected chi connectivity index (χ3v) is 3.43. The summed E-state index contributed by atoms with van der Waals surface area (Å²) in [5.74, 6) is -0.446. The summed E-state index contributed by atoms with van der Waals surface area (Å²) in [7, 11) is 0. The van der Waals surface area contributed by atoms with Crippen LogP contribution < -0.4 is 0 Å². The summed E-state index contributed by atoms with van der Waals surface area (Å²) in [4.78, 5) is 19.6. The van der Waals surface area contributed by atoms with Crippen LogP contribution in [0, 0.1) is 0 Å². The highest BCUT2D eigenvalue weighted by Gasteiger charge is 2.14. The van der Waals surface area contributed by atoms with Crippen LogP contribution in [-0.2, 0) is 4.74 Å². The van der Waals surface area contributed by atoms with Crippen molar-refractivity contribution in [1.82, 2.24) is 9.97 Å². The van der Waals surface area contributed by atoms with E-state index in [9.17, 15) is 4.79 Å². The van der Waals surface area contributed by atoms with Crippen LogP contribution in [0.5, 0.6) is 0 Å². The second-order valence-electron chi connectivity index (χ2n) is 3.25. The molecule has 0 N–H and O–H groups in total. The molecule has 7 heteroatoms. The van der Waals surface area contributed by atoms with Gasteiger partial charge in [0, 0.05) is 17.1 Å². The van der Waals surface area contributed by atoms with Crippen LogP contribution in [0.4, 0.5) is 0 Å².